The monoisotopic (exact) mass is 383 g/mol. The number of hydrogen-bond donors (Lipinski definition) is 0. The van der Waals surface area contributed by atoms with Crippen molar-refractivity contribution in [3.05, 3.63) is 65.5 Å². The molecule has 0 bridgehead atoms. The number of aromatic nitrogens is 3. The standard InChI is InChI=1S/C20H12F3N3O2/c21-20(22,23)15-17(26-27-18(15)11-5-2-1-3-6-11)16-13-8-9-14-12(7-4-10-24-14)19(13)28-25-16/h1-7,10H,8-9H2. The van der Waals surface area contributed by atoms with Gasteiger partial charge in [0.2, 0.25) is 0 Å². The van der Waals surface area contributed by atoms with Gasteiger partial charge in [-0.25, -0.2) is 0 Å². The largest absolute Gasteiger partial charge is 0.422 e. The second-order valence-corrected chi connectivity index (χ2v) is 6.44. The molecule has 0 atom stereocenters. The molecule has 140 valence electrons. The summed E-state index contributed by atoms with van der Waals surface area (Å²) in [5.41, 5.74) is 1.19. The van der Waals surface area contributed by atoms with Gasteiger partial charge in [-0.15, -0.1) is 0 Å². The molecule has 28 heavy (non-hydrogen) atoms. The molecule has 5 nitrogen and oxygen atoms in total. The molecular weight excluding hydrogens is 371 g/mol. The Hall–Kier alpha value is -3.42. The van der Waals surface area contributed by atoms with E-state index >= 15 is 0 Å². The van der Waals surface area contributed by atoms with E-state index in [0.29, 0.717) is 29.7 Å². The summed E-state index contributed by atoms with van der Waals surface area (Å²) in [6.07, 6.45) is -1.95. The summed E-state index contributed by atoms with van der Waals surface area (Å²) in [6, 6.07) is 11.6. The molecular formula is C20H12F3N3O2. The molecule has 0 aliphatic heterocycles. The van der Waals surface area contributed by atoms with Gasteiger partial charge in [0.1, 0.15) is 17.0 Å². The number of fused-ring (bicyclic) bond motifs is 3. The maximum absolute atomic E-state index is 13.9. The lowest BCUT2D eigenvalue weighted by atomic mass is 9.91. The Bertz CT molecular complexity index is 1160. The Balaban J connectivity index is 1.71. The number of benzene rings is 1. The third-order valence-electron chi connectivity index (χ3n) is 4.77. The van der Waals surface area contributed by atoms with Crippen LogP contribution in [-0.2, 0) is 19.0 Å². The van der Waals surface area contributed by atoms with E-state index in [0.717, 1.165) is 11.3 Å². The van der Waals surface area contributed by atoms with Gasteiger partial charge in [-0.2, -0.15) is 13.2 Å². The highest BCUT2D eigenvalue weighted by Gasteiger charge is 2.43. The summed E-state index contributed by atoms with van der Waals surface area (Å²) < 4.78 is 52.3. The first-order valence-corrected chi connectivity index (χ1v) is 8.59. The smallest absolute Gasteiger partial charge is 0.355 e. The first kappa shape index (κ1) is 16.7. The minimum atomic E-state index is -4.67. The highest BCUT2D eigenvalue weighted by atomic mass is 19.4. The van der Waals surface area contributed by atoms with E-state index in [9.17, 15) is 13.2 Å². The molecule has 3 aromatic heterocycles. The van der Waals surface area contributed by atoms with Crippen LogP contribution in [0.3, 0.4) is 0 Å². The summed E-state index contributed by atoms with van der Waals surface area (Å²) in [5, 5.41) is 7.66. The summed E-state index contributed by atoms with van der Waals surface area (Å²) >= 11 is 0. The normalized spacial score (nSPS) is 13.2. The zero-order chi connectivity index (χ0) is 19.3. The van der Waals surface area contributed by atoms with Crippen LogP contribution in [0.25, 0.3) is 34.0 Å². The van der Waals surface area contributed by atoms with Crippen LogP contribution in [0.1, 0.15) is 16.8 Å². The fraction of sp³-hybridized carbons (Fsp3) is 0.150. The molecule has 0 N–H and O–H groups in total. The Kier molecular flexibility index (Phi) is 3.61. The average Bonchev–Trinajstić information content (AvgIpc) is 3.32. The van der Waals surface area contributed by atoms with E-state index in [1.165, 1.54) is 0 Å². The average molecular weight is 383 g/mol. The van der Waals surface area contributed by atoms with Crippen molar-refractivity contribution in [2.45, 2.75) is 19.0 Å². The fourth-order valence-electron chi connectivity index (χ4n) is 3.53. The lowest BCUT2D eigenvalue weighted by Crippen LogP contribution is -2.09. The van der Waals surface area contributed by atoms with Crippen LogP contribution >= 0.6 is 0 Å². The zero-order valence-corrected chi connectivity index (χ0v) is 14.3. The maximum Gasteiger partial charge on any atom is 0.422 e. The van der Waals surface area contributed by atoms with Gasteiger partial charge in [0.15, 0.2) is 11.5 Å². The SMILES string of the molecule is FC(F)(F)c1c(-c2noc3c2CCc2ncccc2-3)noc1-c1ccccc1. The van der Waals surface area contributed by atoms with Gasteiger partial charge in [-0.3, -0.25) is 4.98 Å². The molecule has 4 aromatic rings. The number of pyridine rings is 1. The molecule has 3 heterocycles. The van der Waals surface area contributed by atoms with E-state index < -0.39 is 11.7 Å². The lowest BCUT2D eigenvalue weighted by molar-refractivity contribution is -0.136. The first-order chi connectivity index (χ1) is 13.5. The topological polar surface area (TPSA) is 65.0 Å². The number of nitrogens with zero attached hydrogens (tertiary/aromatic N) is 3. The van der Waals surface area contributed by atoms with Gasteiger partial charge in [0, 0.05) is 22.9 Å². The molecule has 5 rings (SSSR count). The fourth-order valence-corrected chi connectivity index (χ4v) is 3.53. The van der Waals surface area contributed by atoms with Crippen LogP contribution in [0.2, 0.25) is 0 Å². The molecule has 1 aliphatic carbocycles. The molecule has 0 amide bonds. The van der Waals surface area contributed by atoms with Gasteiger partial charge in [-0.05, 0) is 25.0 Å². The third kappa shape index (κ3) is 2.52. The highest BCUT2D eigenvalue weighted by Crippen LogP contribution is 2.45. The Morgan fingerprint density at radius 1 is 0.821 bits per heavy atom. The molecule has 8 heteroatoms. The van der Waals surface area contributed by atoms with Crippen LogP contribution < -0.4 is 0 Å². The summed E-state index contributed by atoms with van der Waals surface area (Å²) in [7, 11) is 0. The van der Waals surface area contributed by atoms with Crippen LogP contribution in [0.5, 0.6) is 0 Å². The molecule has 0 saturated carbocycles. The van der Waals surface area contributed by atoms with Crippen molar-refractivity contribution in [1.29, 1.82) is 0 Å². The van der Waals surface area contributed by atoms with Crippen molar-refractivity contribution in [2.24, 2.45) is 0 Å². The van der Waals surface area contributed by atoms with Gasteiger partial charge >= 0.3 is 6.18 Å². The molecule has 0 fully saturated rings. The predicted molar refractivity (Wildman–Crippen MR) is 93.1 cm³/mol. The van der Waals surface area contributed by atoms with Crippen LogP contribution in [0.4, 0.5) is 13.2 Å². The zero-order valence-electron chi connectivity index (χ0n) is 14.3. The van der Waals surface area contributed by atoms with Gasteiger partial charge in [0.05, 0.1) is 5.69 Å². The number of alkyl halides is 3. The van der Waals surface area contributed by atoms with Crippen molar-refractivity contribution in [2.75, 3.05) is 0 Å². The van der Waals surface area contributed by atoms with Crippen molar-refractivity contribution in [1.82, 2.24) is 15.3 Å². The van der Waals surface area contributed by atoms with Crippen molar-refractivity contribution >= 4 is 0 Å². The Morgan fingerprint density at radius 3 is 2.36 bits per heavy atom. The van der Waals surface area contributed by atoms with E-state index in [-0.39, 0.29) is 17.1 Å². The molecule has 0 saturated heterocycles. The molecule has 0 radical (unpaired) electrons. The number of halogens is 3. The van der Waals surface area contributed by atoms with E-state index in [4.69, 9.17) is 9.05 Å². The second kappa shape index (κ2) is 6.05. The predicted octanol–water partition coefficient (Wildman–Crippen LogP) is 5.18. The minimum absolute atomic E-state index is 0.0581. The molecule has 1 aromatic carbocycles. The summed E-state index contributed by atoms with van der Waals surface area (Å²) in [5.74, 6) is 0.0967. The van der Waals surface area contributed by atoms with Gasteiger partial charge in [-0.1, -0.05) is 40.6 Å². The molecule has 0 unspecified atom stereocenters. The quantitative estimate of drug-likeness (QED) is 0.477. The van der Waals surface area contributed by atoms with Crippen molar-refractivity contribution in [3.63, 3.8) is 0 Å². The van der Waals surface area contributed by atoms with Crippen molar-refractivity contribution in [3.8, 4) is 34.0 Å². The Labute approximate surface area is 156 Å². The van der Waals surface area contributed by atoms with Crippen molar-refractivity contribution < 1.29 is 22.2 Å². The van der Waals surface area contributed by atoms with Crippen LogP contribution in [0, 0.1) is 0 Å². The number of hydrogen-bond acceptors (Lipinski definition) is 5. The first-order valence-electron chi connectivity index (χ1n) is 8.59. The van der Waals surface area contributed by atoms with E-state index in [2.05, 4.69) is 15.3 Å². The molecule has 0 spiro atoms. The highest BCUT2D eigenvalue weighted by molar-refractivity contribution is 5.78. The maximum atomic E-state index is 13.9. The van der Waals surface area contributed by atoms with Gasteiger partial charge in [0.25, 0.3) is 0 Å². The number of aryl methyl sites for hydroxylation is 1. The number of rotatable bonds is 2. The lowest BCUT2D eigenvalue weighted by Gasteiger charge is -2.13. The minimum Gasteiger partial charge on any atom is -0.355 e. The molecule has 1 aliphatic rings. The third-order valence-corrected chi connectivity index (χ3v) is 4.77. The van der Waals surface area contributed by atoms with Crippen LogP contribution in [0.15, 0.2) is 57.7 Å². The van der Waals surface area contributed by atoms with E-state index in [1.807, 2.05) is 6.07 Å². The Morgan fingerprint density at radius 2 is 1.57 bits per heavy atom. The second-order valence-electron chi connectivity index (χ2n) is 6.44. The van der Waals surface area contributed by atoms with Crippen LogP contribution in [-0.4, -0.2) is 15.3 Å². The van der Waals surface area contributed by atoms with E-state index in [1.54, 1.807) is 42.6 Å². The van der Waals surface area contributed by atoms with Gasteiger partial charge < -0.3 is 9.05 Å². The summed E-state index contributed by atoms with van der Waals surface area (Å²) in [6.45, 7) is 0. The summed E-state index contributed by atoms with van der Waals surface area (Å²) in [4.78, 5) is 4.30.